The van der Waals surface area contributed by atoms with Crippen molar-refractivity contribution in [2.75, 3.05) is 19.0 Å². The van der Waals surface area contributed by atoms with Crippen LogP contribution in [0.4, 0.5) is 5.69 Å². The van der Waals surface area contributed by atoms with Gasteiger partial charge in [0.15, 0.2) is 0 Å². The summed E-state index contributed by atoms with van der Waals surface area (Å²) in [6, 6.07) is 5.10. The highest BCUT2D eigenvalue weighted by Gasteiger charge is 2.14. The second-order valence-corrected chi connectivity index (χ2v) is 5.86. The molecule has 0 radical (unpaired) electrons. The van der Waals surface area contributed by atoms with E-state index in [2.05, 4.69) is 26.1 Å². The summed E-state index contributed by atoms with van der Waals surface area (Å²) in [7, 11) is 1.37. The third-order valence-electron chi connectivity index (χ3n) is 2.58. The molecule has 3 nitrogen and oxygen atoms in total. The van der Waals surface area contributed by atoms with Gasteiger partial charge in [0, 0.05) is 11.6 Å². The van der Waals surface area contributed by atoms with E-state index in [1.165, 1.54) is 7.11 Å². The highest BCUT2D eigenvalue weighted by molar-refractivity contribution is 6.31. The lowest BCUT2D eigenvalue weighted by molar-refractivity contribution is 0.0602. The molecule has 0 atom stereocenters. The lowest BCUT2D eigenvalue weighted by atomic mass is 9.92. The number of rotatable bonds is 4. The van der Waals surface area contributed by atoms with Gasteiger partial charge in [-0.15, -0.1) is 0 Å². The number of esters is 1. The van der Waals surface area contributed by atoms with E-state index in [1.54, 1.807) is 18.2 Å². The first-order valence-corrected chi connectivity index (χ1v) is 6.33. The predicted molar refractivity (Wildman–Crippen MR) is 75.4 cm³/mol. The molecule has 0 saturated carbocycles. The molecule has 0 heterocycles. The maximum atomic E-state index is 11.6. The molecule has 0 saturated heterocycles. The van der Waals surface area contributed by atoms with Crippen LogP contribution in [0.5, 0.6) is 0 Å². The second-order valence-electron chi connectivity index (χ2n) is 5.42. The number of hydrogen-bond donors (Lipinski definition) is 1. The van der Waals surface area contributed by atoms with Crippen LogP contribution in [0.25, 0.3) is 0 Å². The largest absolute Gasteiger partial charge is 0.465 e. The van der Waals surface area contributed by atoms with E-state index in [-0.39, 0.29) is 11.4 Å². The van der Waals surface area contributed by atoms with Gasteiger partial charge in [0.25, 0.3) is 0 Å². The Morgan fingerprint density at radius 3 is 2.61 bits per heavy atom. The first kappa shape index (κ1) is 14.8. The molecule has 1 aromatic carbocycles. The van der Waals surface area contributed by atoms with Gasteiger partial charge in [-0.2, -0.15) is 0 Å². The van der Waals surface area contributed by atoms with E-state index in [9.17, 15) is 4.79 Å². The fourth-order valence-electron chi connectivity index (χ4n) is 1.52. The Morgan fingerprint density at radius 1 is 1.39 bits per heavy atom. The minimum Gasteiger partial charge on any atom is -0.465 e. The average Bonchev–Trinajstić information content (AvgIpc) is 2.26. The quantitative estimate of drug-likeness (QED) is 0.841. The zero-order valence-corrected chi connectivity index (χ0v) is 12.1. The maximum absolute atomic E-state index is 11.6. The number of hydrogen-bond acceptors (Lipinski definition) is 3. The monoisotopic (exact) mass is 269 g/mol. The highest BCUT2D eigenvalue weighted by Crippen LogP contribution is 2.23. The number of carbonyl (C=O) groups is 1. The summed E-state index contributed by atoms with van der Waals surface area (Å²) in [5.74, 6) is -0.357. The molecule has 100 valence electrons. The predicted octanol–water partition coefficient (Wildman–Crippen LogP) is 3.97. The maximum Gasteiger partial charge on any atom is 0.339 e. The molecular weight excluding hydrogens is 250 g/mol. The van der Waals surface area contributed by atoms with Crippen LogP contribution in [0.3, 0.4) is 0 Å². The Labute approximate surface area is 113 Å². The summed E-state index contributed by atoms with van der Waals surface area (Å²) in [5.41, 5.74) is 1.48. The molecule has 0 aliphatic heterocycles. The first-order chi connectivity index (χ1) is 8.33. The molecule has 1 aromatic rings. The summed E-state index contributed by atoms with van der Waals surface area (Å²) in [6.07, 6.45) is 1.00. The number of halogens is 1. The van der Waals surface area contributed by atoms with Crippen LogP contribution < -0.4 is 5.32 Å². The number of ether oxygens (including phenoxy) is 1. The third-order valence-corrected chi connectivity index (χ3v) is 2.81. The van der Waals surface area contributed by atoms with Crippen molar-refractivity contribution in [1.29, 1.82) is 0 Å². The summed E-state index contributed by atoms with van der Waals surface area (Å²) in [4.78, 5) is 11.6. The lowest BCUT2D eigenvalue weighted by Gasteiger charge is -2.19. The summed E-state index contributed by atoms with van der Waals surface area (Å²) >= 11 is 5.94. The Balaban J connectivity index is 2.80. The number of nitrogens with one attached hydrogen (secondary N) is 1. The molecule has 0 aromatic heterocycles. The smallest absolute Gasteiger partial charge is 0.339 e. The Morgan fingerprint density at radius 2 is 2.06 bits per heavy atom. The van der Waals surface area contributed by atoms with E-state index in [0.717, 1.165) is 18.7 Å². The molecule has 4 heteroatoms. The zero-order valence-electron chi connectivity index (χ0n) is 11.3. The topological polar surface area (TPSA) is 38.3 Å². The van der Waals surface area contributed by atoms with Crippen LogP contribution in [0.15, 0.2) is 18.2 Å². The second kappa shape index (κ2) is 6.10. The molecular formula is C14H20ClNO2. The van der Waals surface area contributed by atoms with Gasteiger partial charge in [-0.1, -0.05) is 32.4 Å². The fraction of sp³-hybridized carbons (Fsp3) is 0.500. The van der Waals surface area contributed by atoms with Crippen molar-refractivity contribution in [3.63, 3.8) is 0 Å². The van der Waals surface area contributed by atoms with Crippen LogP contribution in [0, 0.1) is 5.41 Å². The van der Waals surface area contributed by atoms with Crippen LogP contribution in [0.2, 0.25) is 5.02 Å². The van der Waals surface area contributed by atoms with Crippen LogP contribution in [0.1, 0.15) is 37.6 Å². The molecule has 0 fully saturated rings. The van der Waals surface area contributed by atoms with E-state index in [4.69, 9.17) is 16.3 Å². The number of carbonyl (C=O) groups excluding carboxylic acids is 1. The summed E-state index contributed by atoms with van der Waals surface area (Å²) in [6.45, 7) is 7.31. The van der Waals surface area contributed by atoms with Gasteiger partial charge < -0.3 is 10.1 Å². The first-order valence-electron chi connectivity index (χ1n) is 5.95. The van der Waals surface area contributed by atoms with Gasteiger partial charge in [0.05, 0.1) is 18.4 Å². The Bertz CT molecular complexity index is 424. The molecule has 0 aliphatic carbocycles. The summed E-state index contributed by atoms with van der Waals surface area (Å²) in [5, 5.41) is 3.84. The standard InChI is InChI=1S/C14H20ClNO2/c1-14(2,3)7-8-16-12-9-10(15)5-6-11(12)13(17)18-4/h5-6,9,16H,7-8H2,1-4H3. The van der Waals surface area contributed by atoms with E-state index < -0.39 is 0 Å². The molecule has 0 spiro atoms. The van der Waals surface area contributed by atoms with Crippen LogP contribution in [-0.4, -0.2) is 19.6 Å². The van der Waals surface area contributed by atoms with Gasteiger partial charge in [-0.3, -0.25) is 0 Å². The molecule has 0 aliphatic rings. The SMILES string of the molecule is COC(=O)c1ccc(Cl)cc1NCCC(C)(C)C. The molecule has 1 rings (SSSR count). The van der Waals surface area contributed by atoms with E-state index >= 15 is 0 Å². The van der Waals surface area contributed by atoms with E-state index in [1.807, 2.05) is 0 Å². The zero-order chi connectivity index (χ0) is 13.8. The van der Waals surface area contributed by atoms with Crippen molar-refractivity contribution in [2.45, 2.75) is 27.2 Å². The molecule has 0 amide bonds. The molecule has 1 N–H and O–H groups in total. The van der Waals surface area contributed by atoms with Gasteiger partial charge in [0.1, 0.15) is 0 Å². The normalized spacial score (nSPS) is 11.2. The molecule has 18 heavy (non-hydrogen) atoms. The van der Waals surface area contributed by atoms with Crippen molar-refractivity contribution < 1.29 is 9.53 Å². The van der Waals surface area contributed by atoms with E-state index in [0.29, 0.717) is 10.6 Å². The van der Waals surface area contributed by atoms with Crippen molar-refractivity contribution in [3.8, 4) is 0 Å². The van der Waals surface area contributed by atoms with Crippen molar-refractivity contribution >= 4 is 23.3 Å². The number of benzene rings is 1. The number of anilines is 1. The molecule has 0 bridgehead atoms. The van der Waals surface area contributed by atoms with Gasteiger partial charge in [-0.25, -0.2) is 4.79 Å². The van der Waals surface area contributed by atoms with Crippen LogP contribution in [-0.2, 0) is 4.74 Å². The van der Waals surface area contributed by atoms with Gasteiger partial charge >= 0.3 is 5.97 Å². The number of methoxy groups -OCH3 is 1. The third kappa shape index (κ3) is 4.57. The Kier molecular flexibility index (Phi) is 5.03. The summed E-state index contributed by atoms with van der Waals surface area (Å²) < 4.78 is 4.74. The van der Waals surface area contributed by atoms with Crippen molar-refractivity contribution in [2.24, 2.45) is 5.41 Å². The minimum atomic E-state index is -0.357. The van der Waals surface area contributed by atoms with Crippen molar-refractivity contribution in [3.05, 3.63) is 28.8 Å². The lowest BCUT2D eigenvalue weighted by Crippen LogP contribution is -2.15. The van der Waals surface area contributed by atoms with Crippen LogP contribution >= 0.6 is 11.6 Å². The fourth-order valence-corrected chi connectivity index (χ4v) is 1.69. The van der Waals surface area contributed by atoms with Crippen molar-refractivity contribution in [1.82, 2.24) is 0 Å². The van der Waals surface area contributed by atoms with Gasteiger partial charge in [-0.05, 0) is 30.0 Å². The Hall–Kier alpha value is -1.22. The highest BCUT2D eigenvalue weighted by atomic mass is 35.5. The minimum absolute atomic E-state index is 0.247. The molecule has 0 unspecified atom stereocenters. The van der Waals surface area contributed by atoms with Gasteiger partial charge in [0.2, 0.25) is 0 Å². The average molecular weight is 270 g/mol.